The normalized spacial score (nSPS) is 10.6. The van der Waals surface area contributed by atoms with Gasteiger partial charge >= 0.3 is 0 Å². The molecule has 0 radical (unpaired) electrons. The molecule has 2 aromatic rings. The van der Waals surface area contributed by atoms with E-state index < -0.39 is 0 Å². The van der Waals surface area contributed by atoms with Gasteiger partial charge in [0.15, 0.2) is 11.5 Å². The summed E-state index contributed by atoms with van der Waals surface area (Å²) in [4.78, 5) is 0. The molecule has 6 heteroatoms. The van der Waals surface area contributed by atoms with E-state index in [0.717, 1.165) is 16.9 Å². The Hall–Kier alpha value is -2.66. The van der Waals surface area contributed by atoms with Gasteiger partial charge in [-0.3, -0.25) is 0 Å². The Morgan fingerprint density at radius 2 is 2.00 bits per heavy atom. The Morgan fingerprint density at radius 1 is 1.19 bits per heavy atom. The van der Waals surface area contributed by atoms with E-state index >= 15 is 0 Å². The van der Waals surface area contributed by atoms with Gasteiger partial charge in [-0.1, -0.05) is 42.5 Å². The molecule has 26 heavy (non-hydrogen) atoms. The largest absolute Gasteiger partial charge is 0.496 e. The third-order valence-electron chi connectivity index (χ3n) is 3.44. The van der Waals surface area contributed by atoms with Crippen LogP contribution in [0.25, 0.3) is 0 Å². The van der Waals surface area contributed by atoms with Gasteiger partial charge in [-0.15, -0.1) is 0 Å². The predicted molar refractivity (Wildman–Crippen MR) is 106 cm³/mol. The zero-order chi connectivity index (χ0) is 18.8. The van der Waals surface area contributed by atoms with Gasteiger partial charge in [0.1, 0.15) is 12.4 Å². The lowest BCUT2D eigenvalue weighted by atomic mass is 10.2. The summed E-state index contributed by atoms with van der Waals surface area (Å²) in [6.45, 7) is 6.95. The van der Waals surface area contributed by atoms with Crippen LogP contribution in [0, 0.1) is 0 Å². The Kier molecular flexibility index (Phi) is 7.83. The molecule has 0 aromatic heterocycles. The van der Waals surface area contributed by atoms with Crippen LogP contribution in [0.1, 0.15) is 18.1 Å². The molecule has 5 nitrogen and oxygen atoms in total. The van der Waals surface area contributed by atoms with E-state index in [-0.39, 0.29) is 0 Å². The van der Waals surface area contributed by atoms with Crippen LogP contribution in [-0.2, 0) is 6.54 Å². The highest BCUT2D eigenvalue weighted by atomic mass is 35.5. The average molecular weight is 375 g/mol. The number of rotatable bonds is 10. The Balaban J connectivity index is 2.08. The van der Waals surface area contributed by atoms with Crippen LogP contribution in [0.15, 0.2) is 54.2 Å². The lowest BCUT2D eigenvalue weighted by molar-refractivity contribution is 0.297. The average Bonchev–Trinajstić information content (AvgIpc) is 2.65. The number of benzene rings is 2. The molecule has 0 aliphatic heterocycles. The second kappa shape index (κ2) is 10.4. The van der Waals surface area contributed by atoms with E-state index in [9.17, 15) is 0 Å². The van der Waals surface area contributed by atoms with Gasteiger partial charge < -0.3 is 19.6 Å². The molecule has 0 saturated heterocycles. The summed E-state index contributed by atoms with van der Waals surface area (Å²) < 4.78 is 16.5. The number of halogens is 1. The lowest BCUT2D eigenvalue weighted by Gasteiger charge is -2.13. The van der Waals surface area contributed by atoms with Crippen LogP contribution < -0.4 is 19.6 Å². The number of ether oxygens (including phenoxy) is 3. The summed E-state index contributed by atoms with van der Waals surface area (Å²) in [5.74, 6) is 1.90. The molecule has 0 aliphatic rings. The van der Waals surface area contributed by atoms with Crippen molar-refractivity contribution in [3.05, 3.63) is 65.2 Å². The fourth-order valence-electron chi connectivity index (χ4n) is 2.31. The van der Waals surface area contributed by atoms with Gasteiger partial charge in [0.25, 0.3) is 0 Å². The molecule has 0 spiro atoms. The van der Waals surface area contributed by atoms with Gasteiger partial charge in [-0.25, -0.2) is 0 Å². The van der Waals surface area contributed by atoms with Crippen LogP contribution in [0.5, 0.6) is 17.2 Å². The van der Waals surface area contributed by atoms with Crippen LogP contribution in [0.3, 0.4) is 0 Å². The second-order valence-electron chi connectivity index (χ2n) is 5.27. The molecule has 2 rings (SSSR count). The molecule has 0 unspecified atom stereocenters. The molecular weight excluding hydrogens is 352 g/mol. The minimum absolute atomic E-state index is 0.355. The number of hydrogen-bond acceptors (Lipinski definition) is 5. The molecule has 0 aliphatic carbocycles. The number of hydrazone groups is 1. The monoisotopic (exact) mass is 374 g/mol. The van der Waals surface area contributed by atoms with E-state index in [1.165, 1.54) is 0 Å². The molecule has 138 valence electrons. The molecule has 0 saturated carbocycles. The predicted octanol–water partition coefficient (Wildman–Crippen LogP) is 4.44. The topological polar surface area (TPSA) is 52.1 Å². The first-order valence-corrected chi connectivity index (χ1v) is 8.65. The fourth-order valence-corrected chi connectivity index (χ4v) is 2.58. The highest BCUT2D eigenvalue weighted by molar-refractivity contribution is 6.32. The van der Waals surface area contributed by atoms with Gasteiger partial charge in [-0.2, -0.15) is 5.10 Å². The van der Waals surface area contributed by atoms with Gasteiger partial charge in [0, 0.05) is 5.56 Å². The standard InChI is InChI=1S/C20H23ClN2O3/c1-4-10-26-20-17(21)11-15(12-19(20)25-5-2)13-22-23-14-16-8-6-7-9-18(16)24-3/h4,6-9,11-13,23H,1,5,10,14H2,2-3H3/b22-13+. The van der Waals surface area contributed by atoms with Crippen molar-refractivity contribution < 1.29 is 14.2 Å². The Labute approximate surface area is 159 Å². The number of nitrogens with one attached hydrogen (secondary N) is 1. The van der Waals surface area contributed by atoms with Crippen LogP contribution in [-0.4, -0.2) is 26.5 Å². The van der Waals surface area contributed by atoms with Crippen molar-refractivity contribution in [1.29, 1.82) is 0 Å². The minimum Gasteiger partial charge on any atom is -0.496 e. The van der Waals surface area contributed by atoms with Crippen LogP contribution in [0.2, 0.25) is 5.02 Å². The zero-order valence-electron chi connectivity index (χ0n) is 15.0. The molecule has 0 fully saturated rings. The smallest absolute Gasteiger partial charge is 0.180 e. The lowest BCUT2D eigenvalue weighted by Crippen LogP contribution is -2.07. The van der Waals surface area contributed by atoms with Crippen molar-refractivity contribution >= 4 is 17.8 Å². The molecule has 0 heterocycles. The highest BCUT2D eigenvalue weighted by Crippen LogP contribution is 2.36. The maximum atomic E-state index is 6.32. The summed E-state index contributed by atoms with van der Waals surface area (Å²) in [6, 6.07) is 11.4. The Bertz CT molecular complexity index is 763. The van der Waals surface area contributed by atoms with Gasteiger partial charge in [0.2, 0.25) is 0 Å². The number of para-hydroxylation sites is 1. The van der Waals surface area contributed by atoms with E-state index in [1.807, 2.05) is 37.3 Å². The SMILES string of the molecule is C=CCOc1c(Cl)cc(/C=N/NCc2ccccc2OC)cc1OCC. The van der Waals surface area contributed by atoms with E-state index in [0.29, 0.717) is 36.3 Å². The third kappa shape index (κ3) is 5.43. The van der Waals surface area contributed by atoms with Crippen molar-refractivity contribution in [3.63, 3.8) is 0 Å². The van der Waals surface area contributed by atoms with Crippen LogP contribution >= 0.6 is 11.6 Å². The van der Waals surface area contributed by atoms with Crippen molar-refractivity contribution in [3.8, 4) is 17.2 Å². The van der Waals surface area contributed by atoms with E-state index in [1.54, 1.807) is 25.5 Å². The molecule has 2 aromatic carbocycles. The molecule has 0 amide bonds. The molecular formula is C20H23ClN2O3. The van der Waals surface area contributed by atoms with E-state index in [4.69, 9.17) is 25.8 Å². The second-order valence-corrected chi connectivity index (χ2v) is 5.67. The first-order chi connectivity index (χ1) is 12.7. The zero-order valence-corrected chi connectivity index (χ0v) is 15.8. The maximum Gasteiger partial charge on any atom is 0.180 e. The number of nitrogens with zero attached hydrogens (tertiary/aromatic N) is 1. The summed E-state index contributed by atoms with van der Waals surface area (Å²) in [5.41, 5.74) is 4.83. The maximum absolute atomic E-state index is 6.32. The summed E-state index contributed by atoms with van der Waals surface area (Å²) in [5, 5.41) is 4.71. The summed E-state index contributed by atoms with van der Waals surface area (Å²) >= 11 is 6.32. The third-order valence-corrected chi connectivity index (χ3v) is 3.72. The first-order valence-electron chi connectivity index (χ1n) is 8.27. The van der Waals surface area contributed by atoms with E-state index in [2.05, 4.69) is 17.1 Å². The van der Waals surface area contributed by atoms with Crippen LogP contribution in [0.4, 0.5) is 0 Å². The van der Waals surface area contributed by atoms with Crippen molar-refractivity contribution in [2.45, 2.75) is 13.5 Å². The molecule has 1 N–H and O–H groups in total. The van der Waals surface area contributed by atoms with Crippen molar-refractivity contribution in [1.82, 2.24) is 5.43 Å². The highest BCUT2D eigenvalue weighted by Gasteiger charge is 2.11. The number of methoxy groups -OCH3 is 1. The van der Waals surface area contributed by atoms with Crippen molar-refractivity contribution in [2.24, 2.45) is 5.10 Å². The first kappa shape index (κ1) is 19.7. The minimum atomic E-state index is 0.355. The summed E-state index contributed by atoms with van der Waals surface area (Å²) in [6.07, 6.45) is 3.34. The Morgan fingerprint density at radius 3 is 2.73 bits per heavy atom. The fraction of sp³-hybridized carbons (Fsp3) is 0.250. The molecule has 0 atom stereocenters. The number of hydrogen-bond donors (Lipinski definition) is 1. The van der Waals surface area contributed by atoms with Gasteiger partial charge in [0.05, 0.1) is 31.5 Å². The van der Waals surface area contributed by atoms with Crippen molar-refractivity contribution in [2.75, 3.05) is 20.3 Å². The quantitative estimate of drug-likeness (QED) is 0.379. The summed E-state index contributed by atoms with van der Waals surface area (Å²) in [7, 11) is 1.65. The van der Waals surface area contributed by atoms with Gasteiger partial charge in [-0.05, 0) is 30.7 Å². The molecule has 0 bridgehead atoms.